The predicted octanol–water partition coefficient (Wildman–Crippen LogP) is 3.05. The van der Waals surface area contributed by atoms with Crippen molar-refractivity contribution in [3.05, 3.63) is 58.7 Å². The van der Waals surface area contributed by atoms with Crippen LogP contribution in [0.1, 0.15) is 48.4 Å². The number of rotatable bonds is 16. The first-order valence-corrected chi connectivity index (χ1v) is 11.5. The molecule has 0 spiro atoms. The number of hydrogen-bond acceptors (Lipinski definition) is 10. The Morgan fingerprint density at radius 1 is 0.583 bits per heavy atom. The Hall–Kier alpha value is -3.50. The van der Waals surface area contributed by atoms with Gasteiger partial charge in [-0.15, -0.1) is 0 Å². The Balaban J connectivity index is 2.31. The molecule has 0 atom stereocenters. The topological polar surface area (TPSA) is 124 Å². The lowest BCUT2D eigenvalue weighted by molar-refractivity contribution is -0.141. The number of ether oxygens (including phenoxy) is 6. The lowest BCUT2D eigenvalue weighted by Gasteiger charge is -2.11. The van der Waals surface area contributed by atoms with Gasteiger partial charge >= 0.3 is 23.9 Å². The third-order valence-electron chi connectivity index (χ3n) is 4.72. The van der Waals surface area contributed by atoms with Crippen molar-refractivity contribution in [2.24, 2.45) is 0 Å². The van der Waals surface area contributed by atoms with Gasteiger partial charge in [-0.2, -0.15) is 0 Å². The molecule has 0 N–H and O–H groups in total. The maximum absolute atomic E-state index is 12.4. The smallest absolute Gasteiger partial charge is 0.339 e. The quantitative estimate of drug-likeness (QED) is 0.143. The fourth-order valence-electron chi connectivity index (χ4n) is 2.44. The largest absolute Gasteiger partial charge is 0.460 e. The van der Waals surface area contributed by atoms with E-state index in [4.69, 9.17) is 28.4 Å². The van der Waals surface area contributed by atoms with E-state index in [9.17, 15) is 19.2 Å². The molecule has 36 heavy (non-hydrogen) atoms. The van der Waals surface area contributed by atoms with Gasteiger partial charge in [0.2, 0.25) is 0 Å². The van der Waals surface area contributed by atoms with Gasteiger partial charge in [0.15, 0.2) is 0 Å². The van der Waals surface area contributed by atoms with E-state index in [0.29, 0.717) is 11.1 Å². The van der Waals surface area contributed by atoms with E-state index in [-0.39, 0.29) is 64.0 Å². The molecule has 10 heteroatoms. The van der Waals surface area contributed by atoms with Gasteiger partial charge in [-0.1, -0.05) is 24.3 Å². The van der Waals surface area contributed by atoms with Crippen molar-refractivity contribution in [3.63, 3.8) is 0 Å². The fraction of sp³-hybridized carbons (Fsp3) is 0.462. The van der Waals surface area contributed by atoms with Gasteiger partial charge in [0.1, 0.15) is 26.4 Å². The SMILES string of the molecule is CC=C(C)C(=O)OCCOCCOC(=O)c1ccccc1C(=O)OCCOCCOC(=O)C(C)=CC. The summed E-state index contributed by atoms with van der Waals surface area (Å²) in [6.07, 6.45) is 3.30. The van der Waals surface area contributed by atoms with Crippen molar-refractivity contribution < 1.29 is 47.6 Å². The van der Waals surface area contributed by atoms with Crippen LogP contribution in [0.25, 0.3) is 0 Å². The van der Waals surface area contributed by atoms with Gasteiger partial charge in [0.05, 0.1) is 37.6 Å². The van der Waals surface area contributed by atoms with Crippen molar-refractivity contribution in [2.45, 2.75) is 27.7 Å². The summed E-state index contributed by atoms with van der Waals surface area (Å²) in [5, 5.41) is 0. The van der Waals surface area contributed by atoms with Crippen molar-refractivity contribution in [2.75, 3.05) is 52.9 Å². The number of carbonyl (C=O) groups excluding carboxylic acids is 4. The summed E-state index contributed by atoms with van der Waals surface area (Å²) in [5.41, 5.74) is 1.13. The van der Waals surface area contributed by atoms with Gasteiger partial charge in [-0.3, -0.25) is 0 Å². The number of allylic oxidation sites excluding steroid dienone is 2. The summed E-state index contributed by atoms with van der Waals surface area (Å²) in [7, 11) is 0. The molecule has 198 valence electrons. The van der Waals surface area contributed by atoms with Crippen LogP contribution in [-0.4, -0.2) is 76.7 Å². The summed E-state index contributed by atoms with van der Waals surface area (Å²) in [4.78, 5) is 47.8. The van der Waals surface area contributed by atoms with Crippen LogP contribution >= 0.6 is 0 Å². The highest BCUT2D eigenvalue weighted by Crippen LogP contribution is 2.12. The molecule has 1 rings (SSSR count). The Labute approximate surface area is 211 Å². The molecule has 0 heterocycles. The highest BCUT2D eigenvalue weighted by Gasteiger charge is 2.19. The maximum Gasteiger partial charge on any atom is 0.339 e. The molecular formula is C26H34O10. The van der Waals surface area contributed by atoms with Crippen LogP contribution in [0.15, 0.2) is 47.6 Å². The zero-order valence-corrected chi connectivity index (χ0v) is 21.2. The van der Waals surface area contributed by atoms with Gasteiger partial charge < -0.3 is 28.4 Å². The summed E-state index contributed by atoms with van der Waals surface area (Å²) >= 11 is 0. The van der Waals surface area contributed by atoms with Crippen molar-refractivity contribution in [1.29, 1.82) is 0 Å². The molecule has 0 aliphatic rings. The minimum Gasteiger partial charge on any atom is -0.460 e. The Morgan fingerprint density at radius 3 is 1.25 bits per heavy atom. The molecule has 0 radical (unpaired) electrons. The second kappa shape index (κ2) is 17.9. The number of esters is 4. The molecule has 0 amide bonds. The lowest BCUT2D eigenvalue weighted by atomic mass is 10.1. The Bertz CT molecular complexity index is 857. The third kappa shape index (κ3) is 11.8. The molecule has 1 aromatic carbocycles. The molecule has 10 nitrogen and oxygen atoms in total. The second-order valence-corrected chi connectivity index (χ2v) is 7.26. The Morgan fingerprint density at radius 2 is 0.917 bits per heavy atom. The van der Waals surface area contributed by atoms with Crippen LogP contribution in [0.5, 0.6) is 0 Å². The standard InChI is InChI=1S/C26H34O10/c1-5-19(3)23(27)33-15-11-31-13-17-35-25(29)21-9-7-8-10-22(21)26(30)36-18-14-32-12-16-34-24(28)20(4)6-2/h5-10H,11-18H2,1-4H3. The summed E-state index contributed by atoms with van der Waals surface area (Å²) in [6, 6.07) is 6.12. The molecule has 0 saturated heterocycles. The van der Waals surface area contributed by atoms with Crippen LogP contribution in [0, 0.1) is 0 Å². The number of benzene rings is 1. The second-order valence-electron chi connectivity index (χ2n) is 7.26. The van der Waals surface area contributed by atoms with E-state index >= 15 is 0 Å². The van der Waals surface area contributed by atoms with E-state index in [0.717, 1.165) is 0 Å². The summed E-state index contributed by atoms with van der Waals surface area (Å²) in [5.74, 6) is -2.22. The first-order valence-electron chi connectivity index (χ1n) is 11.5. The minimum absolute atomic E-state index is 0.0456. The van der Waals surface area contributed by atoms with E-state index in [1.807, 2.05) is 0 Å². The molecule has 0 unspecified atom stereocenters. The number of carbonyl (C=O) groups is 4. The van der Waals surface area contributed by atoms with Crippen LogP contribution < -0.4 is 0 Å². The highest BCUT2D eigenvalue weighted by molar-refractivity contribution is 6.03. The van der Waals surface area contributed by atoms with Crippen molar-refractivity contribution in [3.8, 4) is 0 Å². The van der Waals surface area contributed by atoms with E-state index in [1.54, 1.807) is 52.0 Å². The van der Waals surface area contributed by atoms with Crippen LogP contribution in [0.4, 0.5) is 0 Å². The molecule has 1 aromatic rings. The first-order chi connectivity index (χ1) is 17.3. The van der Waals surface area contributed by atoms with Crippen LogP contribution in [-0.2, 0) is 38.0 Å². The van der Waals surface area contributed by atoms with Crippen LogP contribution in [0.2, 0.25) is 0 Å². The average Bonchev–Trinajstić information content (AvgIpc) is 2.90. The fourth-order valence-corrected chi connectivity index (χ4v) is 2.44. The maximum atomic E-state index is 12.4. The van der Waals surface area contributed by atoms with Gasteiger partial charge in [-0.25, -0.2) is 19.2 Å². The highest BCUT2D eigenvalue weighted by atomic mass is 16.6. The zero-order chi connectivity index (χ0) is 26.8. The Kier molecular flexibility index (Phi) is 15.2. The minimum atomic E-state index is -0.698. The zero-order valence-electron chi connectivity index (χ0n) is 21.2. The molecule has 0 aromatic heterocycles. The van der Waals surface area contributed by atoms with Crippen molar-refractivity contribution >= 4 is 23.9 Å². The molecule has 0 aliphatic heterocycles. The molecular weight excluding hydrogens is 472 g/mol. The monoisotopic (exact) mass is 506 g/mol. The van der Waals surface area contributed by atoms with Gasteiger partial charge in [0.25, 0.3) is 0 Å². The van der Waals surface area contributed by atoms with Crippen molar-refractivity contribution in [1.82, 2.24) is 0 Å². The molecule has 0 aliphatic carbocycles. The van der Waals surface area contributed by atoms with E-state index < -0.39 is 23.9 Å². The molecule has 0 fully saturated rings. The molecule has 0 saturated carbocycles. The van der Waals surface area contributed by atoms with Gasteiger partial charge in [-0.05, 0) is 39.8 Å². The summed E-state index contributed by atoms with van der Waals surface area (Å²) < 4.78 is 30.9. The first kappa shape index (κ1) is 30.5. The average molecular weight is 507 g/mol. The lowest BCUT2D eigenvalue weighted by Crippen LogP contribution is -2.18. The summed E-state index contributed by atoms with van der Waals surface area (Å²) in [6.45, 7) is 7.36. The normalized spacial score (nSPS) is 11.6. The van der Waals surface area contributed by atoms with E-state index in [1.165, 1.54) is 12.1 Å². The molecule has 0 bridgehead atoms. The number of hydrogen-bond donors (Lipinski definition) is 0. The van der Waals surface area contributed by atoms with Crippen LogP contribution in [0.3, 0.4) is 0 Å². The van der Waals surface area contributed by atoms with E-state index in [2.05, 4.69) is 0 Å². The third-order valence-corrected chi connectivity index (χ3v) is 4.72. The predicted molar refractivity (Wildman–Crippen MR) is 129 cm³/mol. The van der Waals surface area contributed by atoms with Gasteiger partial charge in [0, 0.05) is 11.1 Å².